The van der Waals surface area contributed by atoms with Gasteiger partial charge in [-0.1, -0.05) is 12.1 Å². The van der Waals surface area contributed by atoms with Crippen molar-refractivity contribution in [1.29, 1.82) is 0 Å². The highest BCUT2D eigenvalue weighted by molar-refractivity contribution is 8.18. The molecule has 3 aromatic rings. The van der Waals surface area contributed by atoms with Gasteiger partial charge in [0.2, 0.25) is 0 Å². The summed E-state index contributed by atoms with van der Waals surface area (Å²) in [7, 11) is 3.97. The summed E-state index contributed by atoms with van der Waals surface area (Å²) < 4.78 is 5.12. The Balaban J connectivity index is 1.57. The number of hydrogen-bond acceptors (Lipinski definition) is 6. The zero-order valence-electron chi connectivity index (χ0n) is 15.3. The summed E-state index contributed by atoms with van der Waals surface area (Å²) >= 11 is 1.29. The molecule has 1 aromatic heterocycles. The van der Waals surface area contributed by atoms with Crippen molar-refractivity contribution in [2.24, 2.45) is 4.99 Å². The standard InChI is InChI=1S/C21H17N3O3S/c1-24(2)16-7-3-13(4-8-16)11-18-20(26)23-21(28-18)22-15-6-9-17-14(12-15)5-10-19(25)27-17/h3-12H,1-2H3,(H,22,23,26)/b18-11+. The van der Waals surface area contributed by atoms with E-state index in [-0.39, 0.29) is 5.91 Å². The molecule has 4 rings (SSSR count). The fourth-order valence-corrected chi connectivity index (χ4v) is 3.59. The van der Waals surface area contributed by atoms with Crippen molar-refractivity contribution in [3.8, 4) is 0 Å². The predicted octanol–water partition coefficient (Wildman–Crippen LogP) is 3.75. The van der Waals surface area contributed by atoms with Gasteiger partial charge in [-0.05, 0) is 59.8 Å². The number of thioether (sulfide) groups is 1. The van der Waals surface area contributed by atoms with Gasteiger partial charge in [-0.2, -0.15) is 0 Å². The fourth-order valence-electron chi connectivity index (χ4n) is 2.75. The maximum atomic E-state index is 12.3. The highest BCUT2D eigenvalue weighted by atomic mass is 32.2. The van der Waals surface area contributed by atoms with Crippen molar-refractivity contribution in [1.82, 2.24) is 5.32 Å². The molecule has 1 N–H and O–H groups in total. The van der Waals surface area contributed by atoms with E-state index in [0.29, 0.717) is 21.3 Å². The van der Waals surface area contributed by atoms with Crippen molar-refractivity contribution in [2.45, 2.75) is 0 Å². The Labute approximate surface area is 165 Å². The Kier molecular flexibility index (Phi) is 4.75. The molecular weight excluding hydrogens is 374 g/mol. The second kappa shape index (κ2) is 7.36. The van der Waals surface area contributed by atoms with E-state index >= 15 is 0 Å². The quantitative estimate of drug-likeness (QED) is 0.544. The van der Waals surface area contributed by atoms with Crippen LogP contribution in [0.1, 0.15) is 5.56 Å². The Bertz CT molecular complexity index is 1180. The maximum Gasteiger partial charge on any atom is 0.336 e. The third-order valence-corrected chi connectivity index (χ3v) is 5.10. The Morgan fingerprint density at radius 2 is 1.82 bits per heavy atom. The normalized spacial score (nSPS) is 16.7. The molecule has 0 saturated carbocycles. The van der Waals surface area contributed by atoms with Crippen LogP contribution < -0.4 is 15.8 Å². The van der Waals surface area contributed by atoms with Crippen molar-refractivity contribution in [3.05, 3.63) is 75.5 Å². The summed E-state index contributed by atoms with van der Waals surface area (Å²) in [6, 6.07) is 16.3. The molecule has 1 amide bonds. The lowest BCUT2D eigenvalue weighted by Gasteiger charge is -2.11. The van der Waals surface area contributed by atoms with Gasteiger partial charge in [0.15, 0.2) is 5.17 Å². The van der Waals surface area contributed by atoms with Crippen LogP contribution in [0.3, 0.4) is 0 Å². The van der Waals surface area contributed by atoms with Crippen LogP contribution in [0.15, 0.2) is 73.7 Å². The number of amidine groups is 1. The highest BCUT2D eigenvalue weighted by Crippen LogP contribution is 2.29. The minimum atomic E-state index is -0.390. The topological polar surface area (TPSA) is 74.9 Å². The molecule has 1 aliphatic rings. The van der Waals surface area contributed by atoms with Gasteiger partial charge in [0.05, 0.1) is 10.6 Å². The van der Waals surface area contributed by atoms with Gasteiger partial charge in [0.25, 0.3) is 5.91 Å². The number of carbonyl (C=O) groups excluding carboxylic acids is 1. The first-order chi connectivity index (χ1) is 13.5. The molecule has 0 unspecified atom stereocenters. The predicted molar refractivity (Wildman–Crippen MR) is 114 cm³/mol. The molecule has 0 spiro atoms. The van der Waals surface area contributed by atoms with Crippen LogP contribution in [0.4, 0.5) is 11.4 Å². The average Bonchev–Trinajstić information content (AvgIpc) is 3.01. The zero-order valence-corrected chi connectivity index (χ0v) is 16.1. The number of nitrogens with one attached hydrogen (secondary N) is 1. The summed E-state index contributed by atoms with van der Waals surface area (Å²) in [5, 5.41) is 4.07. The lowest BCUT2D eigenvalue weighted by atomic mass is 10.2. The summed E-state index contributed by atoms with van der Waals surface area (Å²) in [6.45, 7) is 0. The molecule has 1 saturated heterocycles. The molecule has 28 heavy (non-hydrogen) atoms. The van der Waals surface area contributed by atoms with Gasteiger partial charge >= 0.3 is 5.63 Å². The molecular formula is C21H17N3O3S. The number of benzene rings is 2. The molecule has 2 heterocycles. The largest absolute Gasteiger partial charge is 0.423 e. The van der Waals surface area contributed by atoms with Crippen molar-refractivity contribution in [3.63, 3.8) is 0 Å². The number of rotatable bonds is 3. The monoisotopic (exact) mass is 391 g/mol. The third-order valence-electron chi connectivity index (χ3n) is 4.19. The van der Waals surface area contributed by atoms with Crippen LogP contribution in [0, 0.1) is 0 Å². The van der Waals surface area contributed by atoms with Crippen LogP contribution in [0.25, 0.3) is 17.0 Å². The summed E-state index contributed by atoms with van der Waals surface area (Å²) in [6.07, 6.45) is 1.84. The molecule has 0 aliphatic carbocycles. The molecule has 0 atom stereocenters. The summed E-state index contributed by atoms with van der Waals surface area (Å²) in [5.74, 6) is -0.174. The van der Waals surface area contributed by atoms with E-state index < -0.39 is 5.63 Å². The van der Waals surface area contributed by atoms with E-state index in [1.54, 1.807) is 24.3 Å². The van der Waals surface area contributed by atoms with Gasteiger partial charge in [0, 0.05) is 31.2 Å². The van der Waals surface area contributed by atoms with Crippen molar-refractivity contribution < 1.29 is 9.21 Å². The Morgan fingerprint density at radius 1 is 1.04 bits per heavy atom. The van der Waals surface area contributed by atoms with E-state index in [9.17, 15) is 9.59 Å². The molecule has 140 valence electrons. The number of anilines is 1. The SMILES string of the molecule is CN(C)c1ccc(/C=C2/SC(=Nc3ccc4oc(=O)ccc4c3)NC2=O)cc1. The number of fused-ring (bicyclic) bond motifs is 1. The second-order valence-corrected chi connectivity index (χ2v) is 7.47. The van der Waals surface area contributed by atoms with E-state index in [1.807, 2.05) is 49.3 Å². The molecule has 2 aromatic carbocycles. The summed E-state index contributed by atoms with van der Waals surface area (Å²) in [4.78, 5) is 30.6. The Hall–Kier alpha value is -3.32. The third kappa shape index (κ3) is 3.84. The number of amides is 1. The molecule has 1 fully saturated rings. The average molecular weight is 391 g/mol. The number of aliphatic imine (C=N–C) groups is 1. The molecule has 0 bridgehead atoms. The number of nitrogens with zero attached hydrogens (tertiary/aromatic N) is 2. The molecule has 6 nitrogen and oxygen atoms in total. The van der Waals surface area contributed by atoms with E-state index in [2.05, 4.69) is 10.3 Å². The zero-order chi connectivity index (χ0) is 19.7. The van der Waals surface area contributed by atoms with Crippen LogP contribution in [0.5, 0.6) is 0 Å². The first-order valence-electron chi connectivity index (χ1n) is 8.59. The minimum Gasteiger partial charge on any atom is -0.423 e. The number of carbonyl (C=O) groups is 1. The van der Waals surface area contributed by atoms with E-state index in [4.69, 9.17) is 4.42 Å². The first-order valence-corrected chi connectivity index (χ1v) is 9.40. The molecule has 1 aliphatic heterocycles. The van der Waals surface area contributed by atoms with Gasteiger partial charge in [-0.25, -0.2) is 9.79 Å². The number of hydrogen-bond donors (Lipinski definition) is 1. The lowest BCUT2D eigenvalue weighted by molar-refractivity contribution is -0.115. The van der Waals surface area contributed by atoms with Gasteiger partial charge in [-0.15, -0.1) is 0 Å². The highest BCUT2D eigenvalue weighted by Gasteiger charge is 2.23. The smallest absolute Gasteiger partial charge is 0.336 e. The van der Waals surface area contributed by atoms with Crippen LogP contribution in [-0.2, 0) is 4.79 Å². The van der Waals surface area contributed by atoms with Crippen molar-refractivity contribution >= 4 is 51.3 Å². The van der Waals surface area contributed by atoms with Gasteiger partial charge < -0.3 is 14.6 Å². The Morgan fingerprint density at radius 3 is 2.57 bits per heavy atom. The van der Waals surface area contributed by atoms with Crippen LogP contribution >= 0.6 is 11.8 Å². The first kappa shape index (κ1) is 18.1. The van der Waals surface area contributed by atoms with Gasteiger partial charge in [-0.3, -0.25) is 4.79 Å². The van der Waals surface area contributed by atoms with E-state index in [1.165, 1.54) is 17.8 Å². The van der Waals surface area contributed by atoms with Crippen molar-refractivity contribution in [2.75, 3.05) is 19.0 Å². The maximum absolute atomic E-state index is 12.3. The molecule has 7 heteroatoms. The second-order valence-electron chi connectivity index (χ2n) is 6.44. The van der Waals surface area contributed by atoms with E-state index in [0.717, 1.165) is 16.6 Å². The lowest BCUT2D eigenvalue weighted by Crippen LogP contribution is -2.19. The van der Waals surface area contributed by atoms with Gasteiger partial charge in [0.1, 0.15) is 5.58 Å². The summed E-state index contributed by atoms with van der Waals surface area (Å²) in [5.41, 5.74) is 2.82. The van der Waals surface area contributed by atoms with Crippen LogP contribution in [0.2, 0.25) is 0 Å². The van der Waals surface area contributed by atoms with Crippen LogP contribution in [-0.4, -0.2) is 25.2 Å². The fraction of sp³-hybridized carbons (Fsp3) is 0.0952. The molecule has 0 radical (unpaired) electrons. The minimum absolute atomic E-state index is 0.174.